The van der Waals surface area contributed by atoms with Crippen LogP contribution in [-0.2, 0) is 4.79 Å². The van der Waals surface area contributed by atoms with Gasteiger partial charge in [0.2, 0.25) is 11.6 Å². The molecule has 1 aromatic rings. The van der Waals surface area contributed by atoms with Gasteiger partial charge in [-0.2, -0.15) is 0 Å². The fourth-order valence-electron chi connectivity index (χ4n) is 1.47. The van der Waals surface area contributed by atoms with Crippen molar-refractivity contribution in [3.63, 3.8) is 0 Å². The molecular formula is C10H5ClO4. The molecule has 15 heavy (non-hydrogen) atoms. The van der Waals surface area contributed by atoms with Crippen LogP contribution in [0.1, 0.15) is 20.7 Å². The first-order chi connectivity index (χ1) is 7.04. The van der Waals surface area contributed by atoms with Gasteiger partial charge in [0.1, 0.15) is 0 Å². The van der Waals surface area contributed by atoms with Gasteiger partial charge in [0.15, 0.2) is 11.9 Å². The molecule has 0 saturated carbocycles. The maximum absolute atomic E-state index is 11.4. The summed E-state index contributed by atoms with van der Waals surface area (Å²) in [5.41, 5.74) is -0.112. The number of carbonyl (C=O) groups is 3. The van der Waals surface area contributed by atoms with Crippen LogP contribution in [0.15, 0.2) is 18.2 Å². The van der Waals surface area contributed by atoms with E-state index in [0.29, 0.717) is 0 Å². The van der Waals surface area contributed by atoms with E-state index >= 15 is 0 Å². The van der Waals surface area contributed by atoms with Gasteiger partial charge < -0.3 is 5.11 Å². The van der Waals surface area contributed by atoms with Crippen LogP contribution in [0, 0.1) is 0 Å². The van der Waals surface area contributed by atoms with Crippen molar-refractivity contribution in [2.45, 2.75) is 6.10 Å². The van der Waals surface area contributed by atoms with Gasteiger partial charge in [0.25, 0.3) is 0 Å². The number of rotatable bonds is 0. The van der Waals surface area contributed by atoms with Crippen molar-refractivity contribution in [2.24, 2.45) is 0 Å². The summed E-state index contributed by atoms with van der Waals surface area (Å²) in [6.07, 6.45) is -1.89. The molecule has 1 aliphatic carbocycles. The molecule has 1 aliphatic rings. The van der Waals surface area contributed by atoms with E-state index in [1.165, 1.54) is 18.2 Å². The van der Waals surface area contributed by atoms with Crippen LogP contribution < -0.4 is 0 Å². The number of ketones is 3. The van der Waals surface area contributed by atoms with Crippen molar-refractivity contribution in [3.8, 4) is 0 Å². The third-order valence-corrected chi connectivity index (χ3v) is 2.54. The van der Waals surface area contributed by atoms with Gasteiger partial charge in [-0.3, -0.25) is 14.4 Å². The summed E-state index contributed by atoms with van der Waals surface area (Å²) in [5, 5.41) is 9.24. The molecule has 0 heterocycles. The van der Waals surface area contributed by atoms with E-state index in [9.17, 15) is 19.5 Å². The molecule has 0 spiro atoms. The largest absolute Gasteiger partial charge is 0.377 e. The van der Waals surface area contributed by atoms with E-state index in [2.05, 4.69) is 0 Å². The summed E-state index contributed by atoms with van der Waals surface area (Å²) in [4.78, 5) is 34.1. The van der Waals surface area contributed by atoms with Crippen molar-refractivity contribution >= 4 is 29.0 Å². The molecule has 2 rings (SSSR count). The van der Waals surface area contributed by atoms with Crippen LogP contribution in [0.5, 0.6) is 0 Å². The molecule has 0 bridgehead atoms. The Balaban J connectivity index is 2.75. The Labute approximate surface area is 89.5 Å². The number of fused-ring (bicyclic) bond motifs is 1. The second-order valence-electron chi connectivity index (χ2n) is 3.12. The Hall–Kier alpha value is -1.52. The van der Waals surface area contributed by atoms with Crippen LogP contribution in [0.2, 0.25) is 5.02 Å². The third-order valence-electron chi connectivity index (χ3n) is 2.23. The van der Waals surface area contributed by atoms with Gasteiger partial charge in [-0.05, 0) is 6.07 Å². The van der Waals surface area contributed by atoms with Gasteiger partial charge in [-0.1, -0.05) is 23.7 Å². The number of Topliss-reactive ketones (excluding diaryl/α,β-unsaturated/α-hetero) is 3. The van der Waals surface area contributed by atoms with Crippen molar-refractivity contribution < 1.29 is 19.5 Å². The highest BCUT2D eigenvalue weighted by molar-refractivity contribution is 6.55. The van der Waals surface area contributed by atoms with Gasteiger partial charge in [0.05, 0.1) is 10.6 Å². The zero-order valence-corrected chi connectivity index (χ0v) is 8.12. The Kier molecular flexibility index (Phi) is 2.17. The molecule has 1 unspecified atom stereocenters. The molecule has 0 aliphatic heterocycles. The normalized spacial score (nSPS) is 20.4. The molecule has 1 atom stereocenters. The SMILES string of the molecule is O=C1C(=O)C(O)C(=O)c2cccc(Cl)c21. The quantitative estimate of drug-likeness (QED) is 0.519. The van der Waals surface area contributed by atoms with Crippen molar-refractivity contribution in [1.82, 2.24) is 0 Å². The predicted molar refractivity (Wildman–Crippen MR) is 51.1 cm³/mol. The molecule has 0 radical (unpaired) electrons. The fraction of sp³-hybridized carbons (Fsp3) is 0.100. The molecule has 0 amide bonds. The lowest BCUT2D eigenvalue weighted by molar-refractivity contribution is -0.120. The molecule has 1 aromatic carbocycles. The van der Waals surface area contributed by atoms with E-state index in [1.807, 2.05) is 0 Å². The number of halogens is 1. The van der Waals surface area contributed by atoms with E-state index in [0.717, 1.165) is 0 Å². The molecule has 0 saturated heterocycles. The van der Waals surface area contributed by atoms with E-state index in [1.54, 1.807) is 0 Å². The van der Waals surface area contributed by atoms with Crippen LogP contribution >= 0.6 is 11.6 Å². The average molecular weight is 225 g/mol. The smallest absolute Gasteiger partial charge is 0.239 e. The number of hydrogen-bond donors (Lipinski definition) is 1. The first kappa shape index (κ1) is 10.0. The van der Waals surface area contributed by atoms with E-state index < -0.39 is 23.5 Å². The Bertz CT molecular complexity index is 492. The van der Waals surface area contributed by atoms with Crippen molar-refractivity contribution in [3.05, 3.63) is 34.3 Å². The minimum atomic E-state index is -1.89. The highest BCUT2D eigenvalue weighted by atomic mass is 35.5. The average Bonchev–Trinajstić information content (AvgIpc) is 2.23. The predicted octanol–water partition coefficient (Wildman–Crippen LogP) is 0.649. The van der Waals surface area contributed by atoms with Crippen molar-refractivity contribution in [2.75, 3.05) is 0 Å². The highest BCUT2D eigenvalue weighted by Crippen LogP contribution is 2.26. The lowest BCUT2D eigenvalue weighted by atomic mass is 9.87. The highest BCUT2D eigenvalue weighted by Gasteiger charge is 2.40. The molecule has 4 nitrogen and oxygen atoms in total. The standard InChI is InChI=1S/C10H5ClO4/c11-5-3-1-2-4-6(5)8(13)10(15)9(14)7(4)12/h1-3,9,14H. The Morgan fingerprint density at radius 2 is 1.80 bits per heavy atom. The Morgan fingerprint density at radius 1 is 1.13 bits per heavy atom. The van der Waals surface area contributed by atoms with Crippen LogP contribution in [-0.4, -0.2) is 28.6 Å². The molecule has 0 fully saturated rings. The fourth-order valence-corrected chi connectivity index (χ4v) is 1.73. The summed E-state index contributed by atoms with van der Waals surface area (Å²) < 4.78 is 0. The number of aliphatic hydroxyl groups excluding tert-OH is 1. The van der Waals surface area contributed by atoms with Crippen LogP contribution in [0.3, 0.4) is 0 Å². The minimum absolute atomic E-state index is 0.000370. The summed E-state index contributed by atoms with van der Waals surface area (Å²) in [6.45, 7) is 0. The molecule has 5 heteroatoms. The summed E-state index contributed by atoms with van der Waals surface area (Å²) in [6, 6.07) is 4.25. The van der Waals surface area contributed by atoms with E-state index in [-0.39, 0.29) is 16.1 Å². The first-order valence-electron chi connectivity index (χ1n) is 4.13. The zero-order valence-electron chi connectivity index (χ0n) is 7.36. The molecule has 1 N–H and O–H groups in total. The minimum Gasteiger partial charge on any atom is -0.377 e. The summed E-state index contributed by atoms with van der Waals surface area (Å²) in [7, 11) is 0. The summed E-state index contributed by atoms with van der Waals surface area (Å²) >= 11 is 5.71. The number of benzene rings is 1. The third kappa shape index (κ3) is 1.30. The second-order valence-corrected chi connectivity index (χ2v) is 3.53. The first-order valence-corrected chi connectivity index (χ1v) is 4.51. The number of carbonyl (C=O) groups excluding carboxylic acids is 3. The zero-order chi connectivity index (χ0) is 11.2. The topological polar surface area (TPSA) is 71.4 Å². The maximum Gasteiger partial charge on any atom is 0.239 e. The molecule has 76 valence electrons. The lowest BCUT2D eigenvalue weighted by Crippen LogP contribution is -2.41. The van der Waals surface area contributed by atoms with Gasteiger partial charge in [-0.15, -0.1) is 0 Å². The lowest BCUT2D eigenvalue weighted by Gasteiger charge is -2.17. The molecule has 0 aromatic heterocycles. The van der Waals surface area contributed by atoms with E-state index in [4.69, 9.17) is 11.6 Å². The van der Waals surface area contributed by atoms with Gasteiger partial charge in [0, 0.05) is 5.56 Å². The summed E-state index contributed by atoms with van der Waals surface area (Å²) in [5.74, 6) is -2.82. The number of aliphatic hydroxyl groups is 1. The van der Waals surface area contributed by atoms with Crippen LogP contribution in [0.4, 0.5) is 0 Å². The van der Waals surface area contributed by atoms with Gasteiger partial charge in [-0.25, -0.2) is 0 Å². The second kappa shape index (κ2) is 3.25. The van der Waals surface area contributed by atoms with Crippen molar-refractivity contribution in [1.29, 1.82) is 0 Å². The van der Waals surface area contributed by atoms with Crippen LogP contribution in [0.25, 0.3) is 0 Å². The Morgan fingerprint density at radius 3 is 2.47 bits per heavy atom. The molecular weight excluding hydrogens is 220 g/mol. The maximum atomic E-state index is 11.4. The monoisotopic (exact) mass is 224 g/mol. The van der Waals surface area contributed by atoms with Gasteiger partial charge >= 0.3 is 0 Å². The number of hydrogen-bond acceptors (Lipinski definition) is 4.